The highest BCUT2D eigenvalue weighted by atomic mass is 16.6. The summed E-state index contributed by atoms with van der Waals surface area (Å²) in [6, 6.07) is 6.46. The molecule has 6 heteroatoms. The van der Waals surface area contributed by atoms with E-state index in [-0.39, 0.29) is 11.3 Å². The molecule has 0 aliphatic carbocycles. The Balaban J connectivity index is 1.91. The molecule has 106 valence electrons. The minimum Gasteiger partial charge on any atom is -0.384 e. The molecule has 1 aromatic rings. The fraction of sp³-hybridized carbons (Fsp3) is 0.500. The van der Waals surface area contributed by atoms with Crippen molar-refractivity contribution in [3.05, 3.63) is 33.9 Å². The number of nitro groups is 1. The van der Waals surface area contributed by atoms with Gasteiger partial charge in [-0.2, -0.15) is 5.26 Å². The number of benzene rings is 1. The third-order valence-electron chi connectivity index (χ3n) is 3.52. The number of nitrogens with one attached hydrogen (secondary N) is 1. The molecule has 0 aromatic heterocycles. The van der Waals surface area contributed by atoms with E-state index in [1.165, 1.54) is 31.4 Å². The van der Waals surface area contributed by atoms with E-state index in [0.29, 0.717) is 5.69 Å². The molecule has 1 N–H and O–H groups in total. The van der Waals surface area contributed by atoms with Gasteiger partial charge in [0.25, 0.3) is 5.69 Å². The Kier molecular flexibility index (Phi) is 4.91. The third-order valence-corrected chi connectivity index (χ3v) is 3.52. The number of hydrogen-bond acceptors (Lipinski definition) is 5. The summed E-state index contributed by atoms with van der Waals surface area (Å²) in [5.74, 6) is 0. The first-order chi connectivity index (χ1) is 9.70. The average Bonchev–Trinajstić information content (AvgIpc) is 2.48. The Labute approximate surface area is 118 Å². The summed E-state index contributed by atoms with van der Waals surface area (Å²) < 4.78 is 0. The van der Waals surface area contributed by atoms with Gasteiger partial charge in [0.2, 0.25) is 0 Å². The van der Waals surface area contributed by atoms with Crippen LogP contribution in [-0.4, -0.2) is 36.0 Å². The lowest BCUT2D eigenvalue weighted by atomic mass is 10.1. The zero-order valence-electron chi connectivity index (χ0n) is 11.3. The molecule has 0 bridgehead atoms. The number of rotatable bonds is 5. The summed E-state index contributed by atoms with van der Waals surface area (Å²) >= 11 is 0. The van der Waals surface area contributed by atoms with E-state index in [2.05, 4.69) is 10.2 Å². The Morgan fingerprint density at radius 1 is 1.35 bits per heavy atom. The van der Waals surface area contributed by atoms with Crippen molar-refractivity contribution in [1.29, 1.82) is 5.26 Å². The van der Waals surface area contributed by atoms with Crippen LogP contribution in [0.3, 0.4) is 0 Å². The van der Waals surface area contributed by atoms with E-state index in [4.69, 9.17) is 5.26 Å². The second-order valence-corrected chi connectivity index (χ2v) is 4.93. The van der Waals surface area contributed by atoms with Crippen molar-refractivity contribution in [1.82, 2.24) is 4.90 Å². The molecule has 0 amide bonds. The Bertz CT molecular complexity index is 518. The van der Waals surface area contributed by atoms with Gasteiger partial charge in [0.1, 0.15) is 11.6 Å². The van der Waals surface area contributed by atoms with Gasteiger partial charge in [0, 0.05) is 24.8 Å². The van der Waals surface area contributed by atoms with Crippen LogP contribution >= 0.6 is 0 Å². The molecule has 0 saturated carbocycles. The molecule has 0 atom stereocenters. The van der Waals surface area contributed by atoms with Crippen molar-refractivity contribution < 1.29 is 4.92 Å². The van der Waals surface area contributed by atoms with Crippen LogP contribution in [-0.2, 0) is 0 Å². The van der Waals surface area contributed by atoms with Crippen LogP contribution in [0.5, 0.6) is 0 Å². The second-order valence-electron chi connectivity index (χ2n) is 4.93. The van der Waals surface area contributed by atoms with E-state index in [9.17, 15) is 10.1 Å². The molecular formula is C14H18N4O2. The summed E-state index contributed by atoms with van der Waals surface area (Å²) in [6.07, 6.45) is 3.82. The highest BCUT2D eigenvalue weighted by Gasteiger charge is 2.14. The summed E-state index contributed by atoms with van der Waals surface area (Å²) in [5, 5.41) is 22.9. The van der Waals surface area contributed by atoms with Gasteiger partial charge in [-0.1, -0.05) is 6.42 Å². The standard InChI is InChI=1S/C14H18N4O2/c15-11-12-4-5-13(10-14(12)18(19)20)16-6-9-17-7-2-1-3-8-17/h4-5,10,16H,1-3,6-9H2. The second kappa shape index (κ2) is 6.87. The summed E-state index contributed by atoms with van der Waals surface area (Å²) in [4.78, 5) is 12.8. The van der Waals surface area contributed by atoms with E-state index < -0.39 is 4.92 Å². The van der Waals surface area contributed by atoms with Gasteiger partial charge < -0.3 is 10.2 Å². The zero-order chi connectivity index (χ0) is 14.4. The lowest BCUT2D eigenvalue weighted by Crippen LogP contribution is -2.33. The Morgan fingerprint density at radius 2 is 2.10 bits per heavy atom. The largest absolute Gasteiger partial charge is 0.384 e. The molecule has 1 aliphatic rings. The van der Waals surface area contributed by atoms with Crippen molar-refractivity contribution in [3.8, 4) is 6.07 Å². The molecule has 20 heavy (non-hydrogen) atoms. The van der Waals surface area contributed by atoms with Crippen molar-refractivity contribution in [2.45, 2.75) is 19.3 Å². The van der Waals surface area contributed by atoms with Crippen LogP contribution in [0.2, 0.25) is 0 Å². The highest BCUT2D eigenvalue weighted by Crippen LogP contribution is 2.22. The smallest absolute Gasteiger partial charge is 0.289 e. The number of nitriles is 1. The van der Waals surface area contributed by atoms with E-state index >= 15 is 0 Å². The molecule has 1 saturated heterocycles. The first-order valence-corrected chi connectivity index (χ1v) is 6.85. The molecule has 0 radical (unpaired) electrons. The first-order valence-electron chi connectivity index (χ1n) is 6.85. The van der Waals surface area contributed by atoms with Gasteiger partial charge >= 0.3 is 0 Å². The van der Waals surface area contributed by atoms with Crippen LogP contribution in [0.1, 0.15) is 24.8 Å². The normalized spacial score (nSPS) is 15.6. The number of piperidine rings is 1. The minimum absolute atomic E-state index is 0.0941. The first kappa shape index (κ1) is 14.3. The molecule has 1 heterocycles. The van der Waals surface area contributed by atoms with Gasteiger partial charge in [-0.05, 0) is 38.1 Å². The van der Waals surface area contributed by atoms with Crippen molar-refractivity contribution in [2.24, 2.45) is 0 Å². The number of likely N-dealkylation sites (tertiary alicyclic amines) is 1. The Morgan fingerprint density at radius 3 is 2.75 bits per heavy atom. The van der Waals surface area contributed by atoms with Gasteiger partial charge in [-0.3, -0.25) is 10.1 Å². The highest BCUT2D eigenvalue weighted by molar-refractivity contribution is 5.59. The Hall–Kier alpha value is -2.13. The summed E-state index contributed by atoms with van der Waals surface area (Å²) in [7, 11) is 0. The molecule has 0 spiro atoms. The molecule has 1 fully saturated rings. The number of nitrogens with zero attached hydrogens (tertiary/aromatic N) is 3. The van der Waals surface area contributed by atoms with Gasteiger partial charge in [0.05, 0.1) is 4.92 Å². The van der Waals surface area contributed by atoms with Crippen LogP contribution < -0.4 is 5.32 Å². The maximum absolute atomic E-state index is 10.9. The predicted molar refractivity (Wildman–Crippen MR) is 76.6 cm³/mol. The quantitative estimate of drug-likeness (QED) is 0.658. The summed E-state index contributed by atoms with van der Waals surface area (Å²) in [5.41, 5.74) is 0.639. The number of hydrogen-bond donors (Lipinski definition) is 1. The van der Waals surface area contributed by atoms with Crippen molar-refractivity contribution in [3.63, 3.8) is 0 Å². The van der Waals surface area contributed by atoms with E-state index in [1.54, 1.807) is 6.07 Å². The zero-order valence-corrected chi connectivity index (χ0v) is 11.3. The molecule has 0 unspecified atom stereocenters. The molecule has 2 rings (SSSR count). The van der Waals surface area contributed by atoms with Crippen LogP contribution in [0.4, 0.5) is 11.4 Å². The van der Waals surface area contributed by atoms with Crippen LogP contribution in [0.25, 0.3) is 0 Å². The SMILES string of the molecule is N#Cc1ccc(NCCN2CCCCC2)cc1[N+](=O)[O-]. The summed E-state index contributed by atoms with van der Waals surface area (Å²) in [6.45, 7) is 3.96. The lowest BCUT2D eigenvalue weighted by molar-refractivity contribution is -0.385. The van der Waals surface area contributed by atoms with Gasteiger partial charge in [-0.15, -0.1) is 0 Å². The van der Waals surface area contributed by atoms with E-state index in [0.717, 1.165) is 26.2 Å². The molecule has 1 aliphatic heterocycles. The average molecular weight is 274 g/mol. The van der Waals surface area contributed by atoms with Gasteiger partial charge in [0.15, 0.2) is 0 Å². The molecule has 6 nitrogen and oxygen atoms in total. The number of nitro benzene ring substituents is 1. The van der Waals surface area contributed by atoms with Crippen molar-refractivity contribution >= 4 is 11.4 Å². The maximum Gasteiger partial charge on any atom is 0.289 e. The minimum atomic E-state index is -0.519. The maximum atomic E-state index is 10.9. The topological polar surface area (TPSA) is 82.2 Å². The fourth-order valence-corrected chi connectivity index (χ4v) is 2.43. The van der Waals surface area contributed by atoms with Crippen LogP contribution in [0.15, 0.2) is 18.2 Å². The third kappa shape index (κ3) is 3.68. The van der Waals surface area contributed by atoms with Crippen LogP contribution in [0, 0.1) is 21.4 Å². The molecular weight excluding hydrogens is 256 g/mol. The monoisotopic (exact) mass is 274 g/mol. The molecule has 1 aromatic carbocycles. The number of anilines is 1. The fourth-order valence-electron chi connectivity index (χ4n) is 2.43. The van der Waals surface area contributed by atoms with E-state index in [1.807, 2.05) is 6.07 Å². The predicted octanol–water partition coefficient (Wildman–Crippen LogP) is 2.36. The van der Waals surface area contributed by atoms with Crippen molar-refractivity contribution in [2.75, 3.05) is 31.5 Å². The van der Waals surface area contributed by atoms with Gasteiger partial charge in [-0.25, -0.2) is 0 Å². The lowest BCUT2D eigenvalue weighted by Gasteiger charge is -2.26.